The van der Waals surface area contributed by atoms with Gasteiger partial charge < -0.3 is 60.3 Å². The number of carbonyl (C=O) groups is 9. The highest BCUT2D eigenvalue weighted by Crippen LogP contribution is 2.40. The SMILES string of the molecule is C=C(c1ccccc1)N1CCN(C(=O)C(=O)c2c[nH]c3c(NC(=O)c4c(F)c(F)c(N=[N+]=[N-])c(F)c4F)cccc23)CC1.C=C(c1ccccc1)N1CCN(C(=O)C(=O)c2c[nH]c3c(NC(=O)c4ccc(C5(C)N=N5)cc4)cccc23)CC1.C=C(c1ccccc1)N1CCN(C(=O)C(=O)c2c[nH]c3c(NC(=O)c4ccccc4)cccc23)CC1. The van der Waals surface area contributed by atoms with Crippen LogP contribution < -0.4 is 16.0 Å². The average Bonchev–Trinajstić information content (AvgIpc) is 1.65. The topological polar surface area (TPSA) is 330 Å². The third-order valence-corrected chi connectivity index (χ3v) is 21.1. The molecule has 3 aromatic heterocycles. The summed E-state index contributed by atoms with van der Waals surface area (Å²) >= 11 is 0. The molecule has 0 atom stereocenters. The maximum atomic E-state index is 14.5. The van der Waals surface area contributed by atoms with Gasteiger partial charge in [0.1, 0.15) is 11.3 Å². The fraction of sp³-hybridized carbons (Fsp3) is 0.157. The Morgan fingerprint density at radius 3 is 0.966 bits per heavy atom. The van der Waals surface area contributed by atoms with Crippen LogP contribution in [-0.4, -0.2) is 176 Å². The summed E-state index contributed by atoms with van der Waals surface area (Å²) in [6.45, 7) is 20.1. The summed E-state index contributed by atoms with van der Waals surface area (Å²) in [5.74, 6) is -14.1. The molecular formula is C89H75F4N17O9. The molecule has 3 fully saturated rings. The van der Waals surface area contributed by atoms with Crippen molar-refractivity contribution >= 4 is 125 Å². The summed E-state index contributed by atoms with van der Waals surface area (Å²) < 4.78 is 57.4. The molecule has 4 aliphatic heterocycles. The van der Waals surface area contributed by atoms with Crippen LogP contribution in [0.15, 0.2) is 254 Å². The second-order valence-corrected chi connectivity index (χ2v) is 28.3. The van der Waals surface area contributed by atoms with Crippen molar-refractivity contribution in [2.24, 2.45) is 15.3 Å². The van der Waals surface area contributed by atoms with Crippen molar-refractivity contribution in [1.29, 1.82) is 0 Å². The Bertz CT molecular complexity index is 6090. The molecule has 9 aromatic carbocycles. The van der Waals surface area contributed by atoms with Gasteiger partial charge in [-0.25, -0.2) is 17.6 Å². The Hall–Kier alpha value is -15.3. The van der Waals surface area contributed by atoms with Gasteiger partial charge in [-0.15, -0.1) is 0 Å². The lowest BCUT2D eigenvalue weighted by molar-refractivity contribution is -0.128. The lowest BCUT2D eigenvalue weighted by Crippen LogP contribution is -2.49. The van der Waals surface area contributed by atoms with Gasteiger partial charge in [0.15, 0.2) is 23.3 Å². The van der Waals surface area contributed by atoms with Gasteiger partial charge in [0.2, 0.25) is 5.66 Å². The third-order valence-electron chi connectivity index (χ3n) is 21.1. The monoisotopic (exact) mass is 1600 g/mol. The number of halogens is 4. The van der Waals surface area contributed by atoms with Crippen LogP contribution >= 0.6 is 0 Å². The zero-order valence-corrected chi connectivity index (χ0v) is 64.0. The molecule has 0 saturated carbocycles. The molecule has 0 bridgehead atoms. The number of Topliss-reactive ketones (excluding diaryl/α,β-unsaturated/α-hetero) is 3. The summed E-state index contributed by atoms with van der Waals surface area (Å²) in [4.78, 5) is 139. The van der Waals surface area contributed by atoms with Crippen molar-refractivity contribution in [3.8, 4) is 0 Å². The van der Waals surface area contributed by atoms with Crippen LogP contribution in [0.2, 0.25) is 0 Å². The molecule has 0 radical (unpaired) electrons. The van der Waals surface area contributed by atoms with Gasteiger partial charge >= 0.3 is 0 Å². The van der Waals surface area contributed by atoms with E-state index in [4.69, 9.17) is 5.53 Å². The van der Waals surface area contributed by atoms with Crippen LogP contribution in [0.4, 0.5) is 40.3 Å². The first kappa shape index (κ1) is 80.3. The van der Waals surface area contributed by atoms with Gasteiger partial charge in [0.05, 0.1) is 50.3 Å². The molecule has 4 aliphatic rings. The number of azide groups is 1. The van der Waals surface area contributed by atoms with Crippen molar-refractivity contribution < 1.29 is 60.7 Å². The lowest BCUT2D eigenvalue weighted by Gasteiger charge is -2.36. The third kappa shape index (κ3) is 17.0. The van der Waals surface area contributed by atoms with E-state index in [9.17, 15) is 60.7 Å². The van der Waals surface area contributed by atoms with E-state index in [1.165, 1.54) is 41.7 Å². The summed E-state index contributed by atoms with van der Waals surface area (Å²) in [5.41, 5.74) is 15.1. The average molecular weight is 1600 g/mol. The number of nitrogens with zero attached hydrogens (tertiary/aromatic N) is 11. The predicted octanol–water partition coefficient (Wildman–Crippen LogP) is 15.4. The molecule has 6 amide bonds. The Morgan fingerprint density at radius 2 is 0.664 bits per heavy atom. The molecule has 0 aliphatic carbocycles. The number of fused-ring (bicyclic) bond motifs is 3. The number of nitrogens with one attached hydrogen (secondary N) is 6. The van der Waals surface area contributed by atoms with Crippen molar-refractivity contribution in [3.05, 3.63) is 328 Å². The number of H-pyrrole nitrogens is 3. The highest BCUT2D eigenvalue weighted by molar-refractivity contribution is 6.46. The van der Waals surface area contributed by atoms with E-state index in [1.54, 1.807) is 82.6 Å². The highest BCUT2D eigenvalue weighted by atomic mass is 19.2. The number of hydrogen-bond donors (Lipinski definition) is 6. The molecular weight excluding hydrogens is 1530 g/mol. The molecule has 598 valence electrons. The molecule has 6 N–H and O–H groups in total. The molecule has 16 rings (SSSR count). The van der Waals surface area contributed by atoms with Crippen molar-refractivity contribution in [3.63, 3.8) is 0 Å². The highest BCUT2D eigenvalue weighted by Gasteiger charge is 2.38. The van der Waals surface area contributed by atoms with E-state index in [0.29, 0.717) is 115 Å². The number of carbonyl (C=O) groups excluding carboxylic acids is 9. The minimum atomic E-state index is -2.06. The second kappa shape index (κ2) is 34.8. The fourth-order valence-electron chi connectivity index (χ4n) is 14.3. The Kier molecular flexibility index (Phi) is 23.5. The van der Waals surface area contributed by atoms with Gasteiger partial charge in [-0.3, -0.25) is 43.2 Å². The van der Waals surface area contributed by atoms with E-state index < -0.39 is 81.2 Å². The molecule has 12 aromatic rings. The van der Waals surface area contributed by atoms with E-state index in [-0.39, 0.29) is 52.6 Å². The Labute approximate surface area is 677 Å². The maximum absolute atomic E-state index is 14.5. The minimum absolute atomic E-state index is 0.0135. The molecule has 0 spiro atoms. The molecule has 0 unspecified atom stereocenters. The summed E-state index contributed by atoms with van der Waals surface area (Å²) in [6.07, 6.45) is 4.33. The zero-order valence-electron chi connectivity index (χ0n) is 64.0. The van der Waals surface area contributed by atoms with Crippen LogP contribution in [0.25, 0.3) is 60.2 Å². The van der Waals surface area contributed by atoms with Crippen molar-refractivity contribution in [1.82, 2.24) is 44.4 Å². The van der Waals surface area contributed by atoms with E-state index in [0.717, 1.165) is 39.3 Å². The van der Waals surface area contributed by atoms with Crippen LogP contribution in [-0.2, 0) is 20.0 Å². The van der Waals surface area contributed by atoms with Crippen LogP contribution in [0.1, 0.15) is 91.3 Å². The van der Waals surface area contributed by atoms with E-state index in [1.807, 2.05) is 121 Å². The molecule has 3 saturated heterocycles. The van der Waals surface area contributed by atoms with Crippen LogP contribution in [0, 0.1) is 23.3 Å². The number of amides is 6. The van der Waals surface area contributed by atoms with Crippen molar-refractivity contribution in [2.75, 3.05) is 94.5 Å². The Balaban J connectivity index is 0.000000147. The number of anilines is 3. The number of para-hydroxylation sites is 3. The van der Waals surface area contributed by atoms with Gasteiger partial charge in [0.25, 0.3) is 52.8 Å². The number of rotatable bonds is 20. The number of aromatic amines is 3. The smallest absolute Gasteiger partial charge is 0.295 e. The van der Waals surface area contributed by atoms with Crippen molar-refractivity contribution in [2.45, 2.75) is 12.6 Å². The quantitative estimate of drug-likeness (QED) is 0.00789. The molecule has 30 heteroatoms. The zero-order chi connectivity index (χ0) is 83.8. The van der Waals surface area contributed by atoms with Crippen LogP contribution in [0.5, 0.6) is 0 Å². The van der Waals surface area contributed by atoms with E-state index in [2.05, 4.69) is 80.7 Å². The first-order valence-corrected chi connectivity index (χ1v) is 37.7. The second-order valence-electron chi connectivity index (χ2n) is 28.3. The van der Waals surface area contributed by atoms with Gasteiger partial charge in [-0.05, 0) is 71.6 Å². The minimum Gasteiger partial charge on any atom is -0.368 e. The molecule has 119 heavy (non-hydrogen) atoms. The van der Waals surface area contributed by atoms with Gasteiger partial charge in [-0.1, -0.05) is 183 Å². The number of hydrogen-bond acceptors (Lipinski definition) is 15. The Morgan fingerprint density at radius 1 is 0.378 bits per heavy atom. The first-order chi connectivity index (χ1) is 57.5. The predicted molar refractivity (Wildman–Crippen MR) is 443 cm³/mol. The standard InChI is InChI=1S/C31H28N6O3.C29H21F4N7O3.C29H26N4O3/c1-20(21-7-4-3-5-8-21)36-15-17-37(18-16-36)30(40)28(38)25-19-32-27-24(25)9-6-10-26(27)33-29(39)22-11-13-23(14-12-22)31(2)34-35-31;1-15(16-6-3-2-4-7-16)39-10-12-40(13-11-39)29(43)27(41)18-14-35-25-17(18)8-5-9-19(25)36-28(42)20-21(30)23(32)26(37-38-34)24(33)22(20)31;1-20(21-9-4-2-5-10-21)32-15-17-33(18-16-32)29(36)27(34)24-19-30-26-23(24)13-8-14-25(26)31-28(35)22-11-6-3-7-12-22/h3-14,19,32H,1,15-18H2,2H3,(H,33,39);2-9,14,35H,1,10-13H2,(H,36,42);2-14,19,30H,1,15-18H2,(H,31,35). The van der Waals surface area contributed by atoms with Gasteiger partial charge in [-0.2, -0.15) is 10.2 Å². The summed E-state index contributed by atoms with van der Waals surface area (Å²) in [7, 11) is 0. The number of ketones is 3. The maximum Gasteiger partial charge on any atom is 0.295 e. The van der Waals surface area contributed by atoms with E-state index >= 15 is 0 Å². The molecule has 7 heterocycles. The largest absolute Gasteiger partial charge is 0.368 e. The number of piperazine rings is 3. The number of aromatic nitrogens is 3. The normalized spacial score (nSPS) is 14.0. The van der Waals surface area contributed by atoms with Crippen LogP contribution in [0.3, 0.4) is 0 Å². The summed E-state index contributed by atoms with van der Waals surface area (Å²) in [6, 6.07) is 60.2. The fourth-order valence-corrected chi connectivity index (χ4v) is 14.3. The lowest BCUT2D eigenvalue weighted by atomic mass is 10.0. The molecule has 26 nitrogen and oxygen atoms in total. The van der Waals surface area contributed by atoms with Gasteiger partial charge in [0, 0.05) is 152 Å². The number of benzene rings is 9. The summed E-state index contributed by atoms with van der Waals surface area (Å²) in [5, 5.41) is 20.0. The first-order valence-electron chi connectivity index (χ1n) is 37.7.